The fraction of sp³-hybridized carbons (Fsp3) is 0.259. The van der Waals surface area contributed by atoms with Gasteiger partial charge in [0, 0.05) is 43.2 Å². The zero-order chi connectivity index (χ0) is 25.0. The molecule has 0 atom stereocenters. The van der Waals surface area contributed by atoms with Crippen LogP contribution in [0.3, 0.4) is 0 Å². The summed E-state index contributed by atoms with van der Waals surface area (Å²) in [7, 11) is 0. The van der Waals surface area contributed by atoms with Crippen molar-refractivity contribution in [3.63, 3.8) is 0 Å². The average Bonchev–Trinajstić information content (AvgIpc) is 2.92. The summed E-state index contributed by atoms with van der Waals surface area (Å²) >= 11 is 0. The van der Waals surface area contributed by atoms with Crippen LogP contribution in [0.15, 0.2) is 60.7 Å². The van der Waals surface area contributed by atoms with Gasteiger partial charge in [0.05, 0.1) is 30.9 Å². The molecule has 4 rings (SSSR count). The Kier molecular flexibility index (Phi) is 8.82. The van der Waals surface area contributed by atoms with Crippen molar-refractivity contribution in [1.29, 1.82) is 10.5 Å². The van der Waals surface area contributed by atoms with Crippen LogP contribution in [-0.2, 0) is 4.74 Å². The highest BCUT2D eigenvalue weighted by atomic mass is 16.5. The Labute approximate surface area is 211 Å². The van der Waals surface area contributed by atoms with E-state index in [0.717, 1.165) is 62.8 Å². The third kappa shape index (κ3) is 7.54. The van der Waals surface area contributed by atoms with Gasteiger partial charge in [-0.25, -0.2) is 0 Å². The molecule has 1 saturated heterocycles. The average molecular weight is 481 g/mol. The number of hydrogen-bond donors (Lipinski definition) is 3. The van der Waals surface area contributed by atoms with Gasteiger partial charge in [0.2, 0.25) is 5.95 Å². The normalized spacial score (nSPS) is 13.6. The van der Waals surface area contributed by atoms with Gasteiger partial charge in [-0.05, 0) is 61.0 Å². The van der Waals surface area contributed by atoms with Crippen LogP contribution in [0.4, 0.5) is 29.0 Å². The minimum absolute atomic E-state index is 0.439. The van der Waals surface area contributed by atoms with Crippen LogP contribution < -0.4 is 16.0 Å². The molecular weight excluding hydrogens is 452 g/mol. The fourth-order valence-corrected chi connectivity index (χ4v) is 3.72. The zero-order valence-corrected chi connectivity index (χ0v) is 19.9. The number of aromatic nitrogens is 2. The van der Waals surface area contributed by atoms with Crippen LogP contribution in [0.2, 0.25) is 0 Å². The van der Waals surface area contributed by atoms with Crippen molar-refractivity contribution in [3.05, 3.63) is 71.8 Å². The lowest BCUT2D eigenvalue weighted by molar-refractivity contribution is 0.0378. The second-order valence-corrected chi connectivity index (χ2v) is 8.22. The molecule has 0 amide bonds. The first kappa shape index (κ1) is 24.7. The predicted molar refractivity (Wildman–Crippen MR) is 141 cm³/mol. The standard InChI is InChI=1S/C27H28N8O/c28-12-1-3-21-4-8-23(9-5-21)31-26-19-25(30-13-2-14-35-15-17-36-18-16-35)33-27(34-26)32-24-10-6-22(20-29)7-11-24/h1,3-11,19H,2,13-18H2,(H3,30,31,32,33,34)/b3-1+. The molecule has 2 heterocycles. The SMILES string of the molecule is N#C/C=C/c1ccc(Nc2cc(NCCCN3CCOCC3)nc(Nc3ccc(C#N)cc3)n2)cc1. The number of allylic oxidation sites excluding steroid dienone is 1. The molecule has 9 heteroatoms. The van der Waals surface area contributed by atoms with E-state index in [1.54, 1.807) is 18.2 Å². The second kappa shape index (κ2) is 12.9. The van der Waals surface area contributed by atoms with Crippen molar-refractivity contribution >= 4 is 35.0 Å². The van der Waals surface area contributed by atoms with Gasteiger partial charge < -0.3 is 20.7 Å². The van der Waals surface area contributed by atoms with E-state index in [-0.39, 0.29) is 0 Å². The van der Waals surface area contributed by atoms with Crippen molar-refractivity contribution in [2.75, 3.05) is 55.3 Å². The lowest BCUT2D eigenvalue weighted by atomic mass is 10.2. The smallest absolute Gasteiger partial charge is 0.231 e. The zero-order valence-electron chi connectivity index (χ0n) is 19.9. The van der Waals surface area contributed by atoms with Crippen molar-refractivity contribution < 1.29 is 4.74 Å². The highest BCUT2D eigenvalue weighted by Gasteiger charge is 2.10. The minimum Gasteiger partial charge on any atom is -0.379 e. The van der Waals surface area contributed by atoms with Gasteiger partial charge in [-0.1, -0.05) is 12.1 Å². The molecular formula is C27H28N8O. The number of anilines is 5. The van der Waals surface area contributed by atoms with Crippen LogP contribution in [0.1, 0.15) is 17.5 Å². The molecule has 0 unspecified atom stereocenters. The van der Waals surface area contributed by atoms with Crippen molar-refractivity contribution in [1.82, 2.24) is 14.9 Å². The lowest BCUT2D eigenvalue weighted by Crippen LogP contribution is -2.37. The summed E-state index contributed by atoms with van der Waals surface area (Å²) in [6.07, 6.45) is 4.20. The number of hydrogen-bond acceptors (Lipinski definition) is 9. The first-order valence-corrected chi connectivity index (χ1v) is 11.9. The summed E-state index contributed by atoms with van der Waals surface area (Å²) in [6.45, 7) is 5.35. The highest BCUT2D eigenvalue weighted by Crippen LogP contribution is 2.22. The molecule has 3 N–H and O–H groups in total. The van der Waals surface area contributed by atoms with Crippen LogP contribution >= 0.6 is 0 Å². The van der Waals surface area contributed by atoms with E-state index >= 15 is 0 Å². The fourth-order valence-electron chi connectivity index (χ4n) is 3.72. The Morgan fingerprint density at radius 3 is 2.33 bits per heavy atom. The topological polar surface area (TPSA) is 122 Å². The third-order valence-corrected chi connectivity index (χ3v) is 5.59. The Morgan fingerprint density at radius 1 is 0.917 bits per heavy atom. The van der Waals surface area contributed by atoms with Gasteiger partial charge in [0.25, 0.3) is 0 Å². The molecule has 2 aromatic carbocycles. The molecule has 3 aromatic rings. The number of nitrogens with one attached hydrogen (secondary N) is 3. The van der Waals surface area contributed by atoms with Crippen LogP contribution in [-0.4, -0.2) is 54.3 Å². The molecule has 9 nitrogen and oxygen atoms in total. The van der Waals surface area contributed by atoms with Gasteiger partial charge in [0.15, 0.2) is 0 Å². The van der Waals surface area contributed by atoms with E-state index < -0.39 is 0 Å². The molecule has 1 aliphatic heterocycles. The lowest BCUT2D eigenvalue weighted by Gasteiger charge is -2.26. The Morgan fingerprint density at radius 2 is 1.61 bits per heavy atom. The number of morpholine rings is 1. The summed E-state index contributed by atoms with van der Waals surface area (Å²) in [6, 6.07) is 20.9. The quantitative estimate of drug-likeness (QED) is 0.284. The van der Waals surface area contributed by atoms with Gasteiger partial charge in [-0.15, -0.1) is 0 Å². The molecule has 1 aromatic heterocycles. The van der Waals surface area contributed by atoms with Crippen molar-refractivity contribution in [2.24, 2.45) is 0 Å². The molecule has 182 valence electrons. The van der Waals surface area contributed by atoms with E-state index in [4.69, 9.17) is 15.3 Å². The highest BCUT2D eigenvalue weighted by molar-refractivity contribution is 5.65. The summed E-state index contributed by atoms with van der Waals surface area (Å²) in [5.41, 5.74) is 3.19. The van der Waals surface area contributed by atoms with E-state index in [9.17, 15) is 0 Å². The molecule has 0 saturated carbocycles. The second-order valence-electron chi connectivity index (χ2n) is 8.22. The van der Waals surface area contributed by atoms with Gasteiger partial charge in [-0.2, -0.15) is 20.5 Å². The van der Waals surface area contributed by atoms with Gasteiger partial charge >= 0.3 is 0 Å². The summed E-state index contributed by atoms with van der Waals surface area (Å²) in [5.74, 6) is 1.78. The molecule has 0 aliphatic carbocycles. The summed E-state index contributed by atoms with van der Waals surface area (Å²) in [4.78, 5) is 11.7. The summed E-state index contributed by atoms with van der Waals surface area (Å²) in [5, 5.41) is 27.7. The van der Waals surface area contributed by atoms with Crippen LogP contribution in [0, 0.1) is 22.7 Å². The molecule has 0 spiro atoms. The predicted octanol–water partition coefficient (Wildman–Crippen LogP) is 4.51. The first-order valence-electron chi connectivity index (χ1n) is 11.9. The first-order chi connectivity index (χ1) is 17.7. The van der Waals surface area contributed by atoms with E-state index in [2.05, 4.69) is 36.9 Å². The van der Waals surface area contributed by atoms with Gasteiger partial charge in [-0.3, -0.25) is 4.90 Å². The number of nitriles is 2. The number of ether oxygens (including phenoxy) is 1. The molecule has 0 bridgehead atoms. The largest absolute Gasteiger partial charge is 0.379 e. The Balaban J connectivity index is 1.46. The van der Waals surface area contributed by atoms with Crippen molar-refractivity contribution in [2.45, 2.75) is 6.42 Å². The molecule has 0 radical (unpaired) electrons. The molecule has 1 aliphatic rings. The Hall–Kier alpha value is -4.44. The molecule has 36 heavy (non-hydrogen) atoms. The third-order valence-electron chi connectivity index (χ3n) is 5.59. The minimum atomic E-state index is 0.439. The monoisotopic (exact) mass is 480 g/mol. The number of benzene rings is 2. The Bertz CT molecular complexity index is 1240. The summed E-state index contributed by atoms with van der Waals surface area (Å²) < 4.78 is 5.42. The van der Waals surface area contributed by atoms with Gasteiger partial charge in [0.1, 0.15) is 11.6 Å². The molecule has 1 fully saturated rings. The maximum absolute atomic E-state index is 9.04. The van der Waals surface area contributed by atoms with Crippen LogP contribution in [0.5, 0.6) is 0 Å². The number of rotatable bonds is 10. The van der Waals surface area contributed by atoms with Crippen LogP contribution in [0.25, 0.3) is 6.08 Å². The van der Waals surface area contributed by atoms with E-state index in [0.29, 0.717) is 23.1 Å². The van der Waals surface area contributed by atoms with Crippen molar-refractivity contribution in [3.8, 4) is 12.1 Å². The maximum Gasteiger partial charge on any atom is 0.231 e. The maximum atomic E-state index is 9.04. The van der Waals surface area contributed by atoms with E-state index in [1.807, 2.05) is 48.5 Å². The number of nitrogens with zero attached hydrogens (tertiary/aromatic N) is 5. The van der Waals surface area contributed by atoms with E-state index in [1.165, 1.54) is 6.08 Å².